The minimum Gasteiger partial charge on any atom is -0.366 e. The van der Waals surface area contributed by atoms with Gasteiger partial charge in [-0.05, 0) is 13.3 Å². The zero-order valence-electron chi connectivity index (χ0n) is 8.90. The Morgan fingerprint density at radius 1 is 1.60 bits per heavy atom. The molecule has 1 aromatic rings. The van der Waals surface area contributed by atoms with Crippen molar-refractivity contribution in [3.05, 3.63) is 11.8 Å². The number of hydrogen-bond acceptors (Lipinski definition) is 4. The maximum absolute atomic E-state index is 11.3. The fourth-order valence-corrected chi connectivity index (χ4v) is 3.54. The number of nitrogens with one attached hydrogen (secondary N) is 1. The van der Waals surface area contributed by atoms with Crippen molar-refractivity contribution in [3.8, 4) is 0 Å². The average molecular weight is 229 g/mol. The van der Waals surface area contributed by atoms with Gasteiger partial charge in [0.25, 0.3) is 0 Å². The third-order valence-corrected chi connectivity index (χ3v) is 4.35. The molecule has 1 saturated heterocycles. The fourth-order valence-electron chi connectivity index (χ4n) is 1.86. The summed E-state index contributed by atoms with van der Waals surface area (Å²) < 4.78 is 24.3. The Kier molecular flexibility index (Phi) is 2.46. The lowest BCUT2D eigenvalue weighted by Crippen LogP contribution is -2.22. The van der Waals surface area contributed by atoms with Crippen molar-refractivity contribution in [1.29, 1.82) is 0 Å². The van der Waals surface area contributed by atoms with Crippen LogP contribution in [0.25, 0.3) is 0 Å². The van der Waals surface area contributed by atoms with Gasteiger partial charge in [0.1, 0.15) is 5.82 Å². The fraction of sp³-hybridized carbons (Fsp3) is 0.667. The largest absolute Gasteiger partial charge is 0.366 e. The van der Waals surface area contributed by atoms with Crippen LogP contribution in [0.5, 0.6) is 0 Å². The SMILES string of the molecule is Cc1cc(NC2CCS(=O)(=O)C2)n(C)n1. The second-order valence-electron chi connectivity index (χ2n) is 4.04. The van der Waals surface area contributed by atoms with Gasteiger partial charge >= 0.3 is 0 Å². The van der Waals surface area contributed by atoms with E-state index in [4.69, 9.17) is 0 Å². The smallest absolute Gasteiger partial charge is 0.152 e. The quantitative estimate of drug-likeness (QED) is 0.793. The van der Waals surface area contributed by atoms with Crippen molar-refractivity contribution < 1.29 is 8.42 Å². The molecule has 0 aromatic carbocycles. The molecule has 0 bridgehead atoms. The number of rotatable bonds is 2. The van der Waals surface area contributed by atoms with Crippen LogP contribution in [0.1, 0.15) is 12.1 Å². The van der Waals surface area contributed by atoms with Gasteiger partial charge in [0.15, 0.2) is 9.84 Å². The molecule has 0 saturated carbocycles. The Balaban J connectivity index is 2.08. The molecule has 5 nitrogen and oxygen atoms in total. The minimum absolute atomic E-state index is 0.0322. The highest BCUT2D eigenvalue weighted by atomic mass is 32.2. The predicted molar refractivity (Wildman–Crippen MR) is 58.6 cm³/mol. The van der Waals surface area contributed by atoms with Crippen molar-refractivity contribution in [2.24, 2.45) is 7.05 Å². The standard InChI is InChI=1S/C9H15N3O2S/c1-7-5-9(12(2)11-7)10-8-3-4-15(13,14)6-8/h5,8,10H,3-4,6H2,1-2H3. The molecule has 1 fully saturated rings. The molecule has 0 radical (unpaired) electrons. The Hall–Kier alpha value is -1.04. The van der Waals surface area contributed by atoms with E-state index in [0.29, 0.717) is 12.2 Å². The molecule has 0 amide bonds. The van der Waals surface area contributed by atoms with Crippen LogP contribution in [0.15, 0.2) is 6.07 Å². The topological polar surface area (TPSA) is 64.0 Å². The maximum atomic E-state index is 11.3. The van der Waals surface area contributed by atoms with Gasteiger partial charge in [-0.1, -0.05) is 0 Å². The van der Waals surface area contributed by atoms with Gasteiger partial charge in [-0.2, -0.15) is 5.10 Å². The van der Waals surface area contributed by atoms with Gasteiger partial charge in [0.05, 0.1) is 17.2 Å². The van der Waals surface area contributed by atoms with E-state index in [9.17, 15) is 8.42 Å². The first-order valence-electron chi connectivity index (χ1n) is 4.94. The van der Waals surface area contributed by atoms with Crippen LogP contribution in [0.4, 0.5) is 5.82 Å². The Bertz CT molecular complexity index is 464. The van der Waals surface area contributed by atoms with Crippen LogP contribution < -0.4 is 5.32 Å². The summed E-state index contributed by atoms with van der Waals surface area (Å²) in [5.74, 6) is 1.41. The second kappa shape index (κ2) is 3.52. The molecular formula is C9H15N3O2S. The van der Waals surface area contributed by atoms with Gasteiger partial charge in [-0.15, -0.1) is 0 Å². The zero-order chi connectivity index (χ0) is 11.1. The molecule has 1 unspecified atom stereocenters. The number of hydrogen-bond donors (Lipinski definition) is 1. The summed E-state index contributed by atoms with van der Waals surface area (Å²) in [6.45, 7) is 1.91. The summed E-state index contributed by atoms with van der Waals surface area (Å²) in [5.41, 5.74) is 0.931. The van der Waals surface area contributed by atoms with Gasteiger partial charge in [-0.25, -0.2) is 8.42 Å². The van der Waals surface area contributed by atoms with Crippen LogP contribution in [0.3, 0.4) is 0 Å². The highest BCUT2D eigenvalue weighted by molar-refractivity contribution is 7.91. The summed E-state index contributed by atoms with van der Waals surface area (Å²) in [5, 5.41) is 7.40. The first kappa shape index (κ1) is 10.5. The summed E-state index contributed by atoms with van der Waals surface area (Å²) in [6, 6.07) is 1.95. The molecule has 1 atom stereocenters. The van der Waals surface area contributed by atoms with Crippen LogP contribution >= 0.6 is 0 Å². The second-order valence-corrected chi connectivity index (χ2v) is 6.27. The van der Waals surface area contributed by atoms with Crippen molar-refractivity contribution in [3.63, 3.8) is 0 Å². The van der Waals surface area contributed by atoms with Gasteiger partial charge in [0, 0.05) is 19.2 Å². The van der Waals surface area contributed by atoms with Crippen molar-refractivity contribution >= 4 is 15.7 Å². The van der Waals surface area contributed by atoms with Gasteiger partial charge in [-0.3, -0.25) is 4.68 Å². The van der Waals surface area contributed by atoms with Crippen molar-refractivity contribution in [2.75, 3.05) is 16.8 Å². The third kappa shape index (κ3) is 2.31. The number of sulfone groups is 1. The van der Waals surface area contributed by atoms with Crippen molar-refractivity contribution in [2.45, 2.75) is 19.4 Å². The summed E-state index contributed by atoms with van der Waals surface area (Å²) in [4.78, 5) is 0. The first-order valence-corrected chi connectivity index (χ1v) is 6.76. The van der Waals surface area contributed by atoms with E-state index in [-0.39, 0.29) is 11.8 Å². The van der Waals surface area contributed by atoms with E-state index >= 15 is 0 Å². The third-order valence-electron chi connectivity index (χ3n) is 2.59. The highest BCUT2D eigenvalue weighted by Gasteiger charge is 2.28. The molecule has 2 rings (SSSR count). The molecule has 2 heterocycles. The van der Waals surface area contributed by atoms with Crippen LogP contribution in [0, 0.1) is 6.92 Å². The number of aryl methyl sites for hydroxylation is 2. The average Bonchev–Trinajstić information content (AvgIpc) is 2.57. The molecule has 1 aromatic heterocycles. The van der Waals surface area contributed by atoms with E-state index in [1.54, 1.807) is 4.68 Å². The van der Waals surface area contributed by atoms with E-state index in [2.05, 4.69) is 10.4 Å². The van der Waals surface area contributed by atoms with Crippen LogP contribution in [-0.2, 0) is 16.9 Å². The zero-order valence-corrected chi connectivity index (χ0v) is 9.71. The number of nitrogens with zero attached hydrogens (tertiary/aromatic N) is 2. The minimum atomic E-state index is -2.81. The lowest BCUT2D eigenvalue weighted by molar-refractivity contribution is 0.601. The monoisotopic (exact) mass is 229 g/mol. The molecule has 84 valence electrons. The predicted octanol–water partition coefficient (Wildman–Crippen LogP) is 0.328. The molecule has 1 aliphatic rings. The molecule has 6 heteroatoms. The van der Waals surface area contributed by atoms with Crippen LogP contribution in [-0.4, -0.2) is 35.7 Å². The molecule has 0 spiro atoms. The molecular weight excluding hydrogens is 214 g/mol. The lowest BCUT2D eigenvalue weighted by Gasteiger charge is -2.11. The summed E-state index contributed by atoms with van der Waals surface area (Å²) in [7, 11) is -0.968. The molecule has 1 N–H and O–H groups in total. The van der Waals surface area contributed by atoms with E-state index in [0.717, 1.165) is 11.5 Å². The number of aromatic nitrogens is 2. The van der Waals surface area contributed by atoms with Crippen LogP contribution in [0.2, 0.25) is 0 Å². The lowest BCUT2D eigenvalue weighted by atomic mass is 10.2. The number of anilines is 1. The summed E-state index contributed by atoms with van der Waals surface area (Å²) >= 11 is 0. The Morgan fingerprint density at radius 2 is 2.33 bits per heavy atom. The van der Waals surface area contributed by atoms with E-state index in [1.807, 2.05) is 20.0 Å². The van der Waals surface area contributed by atoms with Crippen molar-refractivity contribution in [1.82, 2.24) is 9.78 Å². The van der Waals surface area contributed by atoms with E-state index < -0.39 is 9.84 Å². The Labute approximate surface area is 89.4 Å². The highest BCUT2D eigenvalue weighted by Crippen LogP contribution is 2.17. The van der Waals surface area contributed by atoms with E-state index in [1.165, 1.54) is 0 Å². The maximum Gasteiger partial charge on any atom is 0.152 e. The molecule has 15 heavy (non-hydrogen) atoms. The van der Waals surface area contributed by atoms with Gasteiger partial charge < -0.3 is 5.32 Å². The normalized spacial score (nSPS) is 24.3. The Morgan fingerprint density at radius 3 is 2.80 bits per heavy atom. The van der Waals surface area contributed by atoms with Gasteiger partial charge in [0.2, 0.25) is 0 Å². The molecule has 0 aliphatic carbocycles. The summed E-state index contributed by atoms with van der Waals surface area (Å²) in [6.07, 6.45) is 0.687. The molecule has 1 aliphatic heterocycles. The first-order chi connectivity index (χ1) is 6.96.